The molecule has 2 atom stereocenters. The highest BCUT2D eigenvalue weighted by molar-refractivity contribution is 5.39. The van der Waals surface area contributed by atoms with E-state index in [-0.39, 0.29) is 0 Å². The van der Waals surface area contributed by atoms with Gasteiger partial charge in [0.05, 0.1) is 6.20 Å². The lowest BCUT2D eigenvalue weighted by atomic mass is 10.2. The van der Waals surface area contributed by atoms with Gasteiger partial charge in [-0.25, -0.2) is 4.68 Å². The van der Waals surface area contributed by atoms with Crippen LogP contribution in [0.4, 0.5) is 11.9 Å². The molecular weight excluding hydrogens is 302 g/mol. The fourth-order valence-corrected chi connectivity index (χ4v) is 2.95. The first-order valence-electron chi connectivity index (χ1n) is 8.89. The lowest BCUT2D eigenvalue weighted by molar-refractivity contribution is 0.671. The summed E-state index contributed by atoms with van der Waals surface area (Å²) >= 11 is 0. The molecule has 2 unspecified atom stereocenters. The molecule has 0 bridgehead atoms. The number of nitrogens with one attached hydrogen (secondary N) is 2. The molecule has 2 aromatic heterocycles. The fraction of sp³-hybridized carbons (Fsp3) is 0.647. The summed E-state index contributed by atoms with van der Waals surface area (Å²) in [4.78, 5) is 13.7. The van der Waals surface area contributed by atoms with E-state index in [0.29, 0.717) is 29.9 Å². The van der Waals surface area contributed by atoms with Gasteiger partial charge in [-0.3, -0.25) is 0 Å². The van der Waals surface area contributed by atoms with Gasteiger partial charge in [-0.15, -0.1) is 0 Å². The van der Waals surface area contributed by atoms with E-state index in [1.165, 1.54) is 25.7 Å². The van der Waals surface area contributed by atoms with E-state index < -0.39 is 0 Å². The molecule has 2 heterocycles. The molecule has 0 amide bonds. The number of aromatic nitrogens is 5. The van der Waals surface area contributed by atoms with Crippen LogP contribution in [0.3, 0.4) is 0 Å². The zero-order chi connectivity index (χ0) is 16.7. The second-order valence-corrected chi connectivity index (χ2v) is 7.29. The molecule has 128 valence electrons. The molecule has 2 saturated carbocycles. The van der Waals surface area contributed by atoms with Crippen molar-refractivity contribution in [2.45, 2.75) is 58.5 Å². The van der Waals surface area contributed by atoms with Crippen molar-refractivity contribution in [2.24, 2.45) is 11.8 Å². The molecule has 0 aromatic carbocycles. The molecule has 2 fully saturated rings. The maximum Gasteiger partial charge on any atom is 0.257 e. The molecule has 2 aliphatic carbocycles. The first kappa shape index (κ1) is 15.4. The number of aryl methyl sites for hydroxylation is 1. The Morgan fingerprint density at radius 2 is 1.50 bits per heavy atom. The maximum absolute atomic E-state index is 4.58. The molecule has 0 radical (unpaired) electrons. The van der Waals surface area contributed by atoms with E-state index in [4.69, 9.17) is 0 Å². The second-order valence-electron chi connectivity index (χ2n) is 7.29. The highest BCUT2D eigenvalue weighted by Gasteiger charge is 2.30. The number of nitrogens with zero attached hydrogens (tertiary/aromatic N) is 5. The highest BCUT2D eigenvalue weighted by Crippen LogP contribution is 2.34. The van der Waals surface area contributed by atoms with Gasteiger partial charge < -0.3 is 10.6 Å². The van der Waals surface area contributed by atoms with Gasteiger partial charge in [0, 0.05) is 18.3 Å². The Hall–Kier alpha value is -2.18. The van der Waals surface area contributed by atoms with Crippen LogP contribution in [0, 0.1) is 18.8 Å². The Morgan fingerprint density at radius 1 is 0.958 bits per heavy atom. The third kappa shape index (κ3) is 3.49. The van der Waals surface area contributed by atoms with E-state index in [0.717, 1.165) is 17.4 Å². The van der Waals surface area contributed by atoms with Crippen LogP contribution >= 0.6 is 0 Å². The molecule has 2 aromatic rings. The van der Waals surface area contributed by atoms with Crippen molar-refractivity contribution in [3.8, 4) is 5.95 Å². The van der Waals surface area contributed by atoms with Crippen molar-refractivity contribution in [2.75, 3.05) is 10.6 Å². The summed E-state index contributed by atoms with van der Waals surface area (Å²) in [5, 5.41) is 11.2. The molecule has 24 heavy (non-hydrogen) atoms. The van der Waals surface area contributed by atoms with Crippen LogP contribution in [0.25, 0.3) is 5.95 Å². The van der Waals surface area contributed by atoms with Gasteiger partial charge in [0.2, 0.25) is 11.9 Å². The van der Waals surface area contributed by atoms with Crippen LogP contribution in [0.2, 0.25) is 0 Å². The SMILES string of the molecule is Cc1cnn(-c2nc(NC(C)C3CC3)nc(NC(C)C3CC3)n2)c1. The average molecular weight is 327 g/mol. The van der Waals surface area contributed by atoms with Gasteiger partial charge in [-0.05, 0) is 63.9 Å². The zero-order valence-electron chi connectivity index (χ0n) is 14.5. The quantitative estimate of drug-likeness (QED) is 0.814. The average Bonchev–Trinajstić information content (AvgIpc) is 3.45. The van der Waals surface area contributed by atoms with Crippen molar-refractivity contribution in [3.63, 3.8) is 0 Å². The van der Waals surface area contributed by atoms with Gasteiger partial charge in [0.25, 0.3) is 5.95 Å². The Bertz CT molecular complexity index is 679. The second kappa shape index (κ2) is 6.03. The molecule has 2 aliphatic rings. The summed E-state index contributed by atoms with van der Waals surface area (Å²) in [6, 6.07) is 0.765. The standard InChI is InChI=1S/C17H25N7/c1-10-8-18-24(9-10)17-22-15(19-11(2)13-4-5-13)21-16(23-17)20-12(3)14-6-7-14/h8-9,11-14H,4-7H2,1-3H3,(H2,19,20,21,22,23). The monoisotopic (exact) mass is 327 g/mol. The van der Waals surface area contributed by atoms with E-state index >= 15 is 0 Å². The Morgan fingerprint density at radius 3 is 1.92 bits per heavy atom. The Labute approximate surface area is 142 Å². The summed E-state index contributed by atoms with van der Waals surface area (Å²) in [5.41, 5.74) is 1.08. The minimum Gasteiger partial charge on any atom is -0.351 e. The van der Waals surface area contributed by atoms with Gasteiger partial charge in [0.15, 0.2) is 0 Å². The molecule has 2 N–H and O–H groups in total. The highest BCUT2D eigenvalue weighted by atomic mass is 15.4. The molecule has 0 spiro atoms. The lowest BCUT2D eigenvalue weighted by Gasteiger charge is -2.16. The summed E-state index contributed by atoms with van der Waals surface area (Å²) in [5.74, 6) is 3.27. The van der Waals surface area contributed by atoms with Crippen molar-refractivity contribution >= 4 is 11.9 Å². The molecule has 7 nitrogen and oxygen atoms in total. The fourth-order valence-electron chi connectivity index (χ4n) is 2.95. The first-order valence-corrected chi connectivity index (χ1v) is 8.89. The minimum absolute atomic E-state index is 0.383. The molecule has 7 heteroatoms. The van der Waals surface area contributed by atoms with Crippen molar-refractivity contribution < 1.29 is 0 Å². The van der Waals surface area contributed by atoms with E-state index in [1.807, 2.05) is 19.3 Å². The molecule has 0 aliphatic heterocycles. The van der Waals surface area contributed by atoms with E-state index in [9.17, 15) is 0 Å². The third-order valence-electron chi connectivity index (χ3n) is 4.91. The van der Waals surface area contributed by atoms with Crippen molar-refractivity contribution in [1.29, 1.82) is 0 Å². The van der Waals surface area contributed by atoms with Gasteiger partial charge in [0.1, 0.15) is 0 Å². The van der Waals surface area contributed by atoms with Crippen LogP contribution in [0.1, 0.15) is 45.1 Å². The van der Waals surface area contributed by atoms with Crippen LogP contribution in [-0.2, 0) is 0 Å². The van der Waals surface area contributed by atoms with Crippen molar-refractivity contribution in [1.82, 2.24) is 24.7 Å². The summed E-state index contributed by atoms with van der Waals surface area (Å²) in [6.07, 6.45) is 8.88. The maximum atomic E-state index is 4.58. The van der Waals surface area contributed by atoms with Crippen LogP contribution in [0.5, 0.6) is 0 Å². The molecule has 0 saturated heterocycles. The largest absolute Gasteiger partial charge is 0.351 e. The van der Waals surface area contributed by atoms with E-state index in [2.05, 4.69) is 44.5 Å². The zero-order valence-corrected chi connectivity index (χ0v) is 14.5. The summed E-state index contributed by atoms with van der Waals surface area (Å²) in [7, 11) is 0. The van der Waals surface area contributed by atoms with Crippen molar-refractivity contribution in [3.05, 3.63) is 18.0 Å². The topological polar surface area (TPSA) is 80.5 Å². The van der Waals surface area contributed by atoms with Gasteiger partial charge in [-0.1, -0.05) is 0 Å². The predicted octanol–water partition coefficient (Wildman–Crippen LogP) is 2.79. The predicted molar refractivity (Wildman–Crippen MR) is 93.3 cm³/mol. The number of rotatable bonds is 7. The first-order chi connectivity index (χ1) is 11.6. The third-order valence-corrected chi connectivity index (χ3v) is 4.91. The summed E-state index contributed by atoms with van der Waals surface area (Å²) < 4.78 is 1.71. The molecule has 4 rings (SSSR count). The lowest BCUT2D eigenvalue weighted by Crippen LogP contribution is -2.23. The van der Waals surface area contributed by atoms with Gasteiger partial charge in [-0.2, -0.15) is 20.1 Å². The summed E-state index contributed by atoms with van der Waals surface area (Å²) in [6.45, 7) is 6.39. The van der Waals surface area contributed by atoms with Crippen LogP contribution in [-0.4, -0.2) is 36.8 Å². The number of hydrogen-bond acceptors (Lipinski definition) is 6. The van der Waals surface area contributed by atoms with Crippen LogP contribution in [0.15, 0.2) is 12.4 Å². The normalized spacial score (nSPS) is 19.8. The Kier molecular flexibility index (Phi) is 3.86. The molecular formula is C17H25N7. The minimum atomic E-state index is 0.383. The number of anilines is 2. The van der Waals surface area contributed by atoms with Crippen LogP contribution < -0.4 is 10.6 Å². The van der Waals surface area contributed by atoms with E-state index in [1.54, 1.807) is 4.68 Å². The number of hydrogen-bond donors (Lipinski definition) is 2. The Balaban J connectivity index is 1.61. The smallest absolute Gasteiger partial charge is 0.257 e. The van der Waals surface area contributed by atoms with Gasteiger partial charge >= 0.3 is 0 Å².